The molecule has 0 saturated carbocycles. The summed E-state index contributed by atoms with van der Waals surface area (Å²) in [5, 5.41) is 0. The lowest BCUT2D eigenvalue weighted by atomic mass is 9.86. The molecule has 0 radical (unpaired) electrons. The first kappa shape index (κ1) is 13.0. The van der Waals surface area contributed by atoms with E-state index in [4.69, 9.17) is 5.73 Å². The lowest BCUT2D eigenvalue weighted by molar-refractivity contribution is 0.0840. The second-order valence-corrected chi connectivity index (χ2v) is 5.97. The van der Waals surface area contributed by atoms with Gasteiger partial charge >= 0.3 is 0 Å². The minimum Gasteiger partial charge on any atom is -0.329 e. The monoisotopic (exact) mass is 260 g/mol. The molecule has 2 N–H and O–H groups in total. The second kappa shape index (κ2) is 5.19. The first-order chi connectivity index (χ1) is 9.26. The van der Waals surface area contributed by atoms with Gasteiger partial charge in [0.2, 0.25) is 0 Å². The Morgan fingerprint density at radius 2 is 2.42 bits per heavy atom. The molecule has 3 heterocycles. The van der Waals surface area contributed by atoms with Gasteiger partial charge in [0.15, 0.2) is 0 Å². The summed E-state index contributed by atoms with van der Waals surface area (Å²) in [5.74, 6) is 0. The molecule has 2 unspecified atom stereocenters. The van der Waals surface area contributed by atoms with E-state index in [-0.39, 0.29) is 5.54 Å². The fraction of sp³-hybridized carbons (Fsp3) is 0.667. The number of rotatable bonds is 4. The zero-order valence-electron chi connectivity index (χ0n) is 11.8. The molecule has 2 fully saturated rings. The van der Waals surface area contributed by atoms with Gasteiger partial charge in [0.05, 0.1) is 0 Å². The maximum atomic E-state index is 6.20. The molecule has 4 heteroatoms. The Labute approximate surface area is 115 Å². The van der Waals surface area contributed by atoms with Crippen molar-refractivity contribution in [3.63, 3.8) is 0 Å². The highest BCUT2D eigenvalue weighted by molar-refractivity contribution is 5.13. The first-order valence-electron chi connectivity index (χ1n) is 7.30. The van der Waals surface area contributed by atoms with Gasteiger partial charge in [-0.05, 0) is 44.5 Å². The molecule has 4 nitrogen and oxygen atoms in total. The van der Waals surface area contributed by atoms with Crippen molar-refractivity contribution in [2.45, 2.75) is 37.4 Å². The molecule has 104 valence electrons. The van der Waals surface area contributed by atoms with Crippen molar-refractivity contribution < 1.29 is 0 Å². The van der Waals surface area contributed by atoms with Gasteiger partial charge in [0.1, 0.15) is 0 Å². The van der Waals surface area contributed by atoms with Crippen LogP contribution in [0.5, 0.6) is 0 Å². The molecule has 0 aromatic carbocycles. The number of nitrogens with zero attached hydrogens (tertiary/aromatic N) is 3. The van der Waals surface area contributed by atoms with Crippen LogP contribution in [0.1, 0.15) is 24.8 Å². The van der Waals surface area contributed by atoms with Gasteiger partial charge in [-0.15, -0.1) is 0 Å². The summed E-state index contributed by atoms with van der Waals surface area (Å²) in [6, 6.07) is 4.81. The van der Waals surface area contributed by atoms with E-state index in [0.29, 0.717) is 6.04 Å². The van der Waals surface area contributed by atoms with Crippen molar-refractivity contribution in [1.82, 2.24) is 14.8 Å². The summed E-state index contributed by atoms with van der Waals surface area (Å²) in [4.78, 5) is 9.31. The van der Waals surface area contributed by atoms with E-state index in [2.05, 4.69) is 27.9 Å². The Balaban J connectivity index is 1.78. The maximum Gasteiger partial charge on any atom is 0.0499 e. The number of hydrogen-bond donors (Lipinski definition) is 1. The van der Waals surface area contributed by atoms with E-state index >= 15 is 0 Å². The topological polar surface area (TPSA) is 45.4 Å². The summed E-state index contributed by atoms with van der Waals surface area (Å²) < 4.78 is 0. The Morgan fingerprint density at radius 3 is 3.16 bits per heavy atom. The minimum absolute atomic E-state index is 0.159. The molecule has 19 heavy (non-hydrogen) atoms. The van der Waals surface area contributed by atoms with Crippen LogP contribution in [0.2, 0.25) is 0 Å². The summed E-state index contributed by atoms with van der Waals surface area (Å²) in [7, 11) is 2.22. The van der Waals surface area contributed by atoms with Crippen LogP contribution >= 0.6 is 0 Å². The van der Waals surface area contributed by atoms with Crippen molar-refractivity contribution in [1.29, 1.82) is 0 Å². The summed E-state index contributed by atoms with van der Waals surface area (Å²) in [5.41, 5.74) is 7.63. The number of pyridine rings is 1. The summed E-state index contributed by atoms with van der Waals surface area (Å²) in [6.45, 7) is 4.16. The maximum absolute atomic E-state index is 6.20. The summed E-state index contributed by atoms with van der Waals surface area (Å²) >= 11 is 0. The smallest absolute Gasteiger partial charge is 0.0499 e. The van der Waals surface area contributed by atoms with Crippen LogP contribution in [0.3, 0.4) is 0 Å². The zero-order chi connectivity index (χ0) is 13.3. The fourth-order valence-corrected chi connectivity index (χ4v) is 3.97. The summed E-state index contributed by atoms with van der Waals surface area (Å²) in [6.07, 6.45) is 7.62. The van der Waals surface area contributed by atoms with E-state index in [9.17, 15) is 0 Å². The number of likely N-dealkylation sites (N-methyl/N-ethyl adjacent to an activating group) is 1. The highest BCUT2D eigenvalue weighted by Gasteiger charge is 2.50. The predicted octanol–water partition coefficient (Wildman–Crippen LogP) is 1.08. The van der Waals surface area contributed by atoms with Crippen LogP contribution < -0.4 is 5.73 Å². The molecule has 0 spiro atoms. The molecule has 0 amide bonds. The average Bonchev–Trinajstić information content (AvgIpc) is 3.01. The molecule has 2 atom stereocenters. The van der Waals surface area contributed by atoms with Crippen LogP contribution in [0, 0.1) is 0 Å². The van der Waals surface area contributed by atoms with Gasteiger partial charge in [-0.2, -0.15) is 0 Å². The molecule has 2 aliphatic heterocycles. The van der Waals surface area contributed by atoms with Crippen molar-refractivity contribution in [2.24, 2.45) is 5.73 Å². The number of fused-ring (bicyclic) bond motifs is 1. The third kappa shape index (κ3) is 2.18. The standard InChI is InChI=1S/C15H24N4/c1-18(11-13-4-2-7-17-10-13)15(12-16)6-9-19-8-3-5-14(15)19/h2,4,7,10,14H,3,5-6,8-9,11-12,16H2,1H3. The predicted molar refractivity (Wildman–Crippen MR) is 76.7 cm³/mol. The van der Waals surface area contributed by atoms with E-state index in [1.54, 1.807) is 0 Å². The minimum atomic E-state index is 0.159. The van der Waals surface area contributed by atoms with E-state index in [1.165, 1.54) is 37.9 Å². The average molecular weight is 260 g/mol. The van der Waals surface area contributed by atoms with Gasteiger partial charge in [-0.3, -0.25) is 14.8 Å². The van der Waals surface area contributed by atoms with Crippen molar-refractivity contribution in [3.05, 3.63) is 30.1 Å². The quantitative estimate of drug-likeness (QED) is 0.880. The highest BCUT2D eigenvalue weighted by atomic mass is 15.3. The Bertz CT molecular complexity index is 421. The molecule has 1 aromatic rings. The lowest BCUT2D eigenvalue weighted by Gasteiger charge is -2.42. The van der Waals surface area contributed by atoms with Crippen LogP contribution in [-0.4, -0.2) is 53.0 Å². The Hall–Kier alpha value is -0.970. The lowest BCUT2D eigenvalue weighted by Crippen LogP contribution is -2.58. The van der Waals surface area contributed by atoms with E-state index in [1.807, 2.05) is 18.5 Å². The van der Waals surface area contributed by atoms with Crippen molar-refractivity contribution in [3.8, 4) is 0 Å². The van der Waals surface area contributed by atoms with Crippen LogP contribution in [-0.2, 0) is 6.54 Å². The number of hydrogen-bond acceptors (Lipinski definition) is 4. The Kier molecular flexibility index (Phi) is 3.56. The third-order valence-electron chi connectivity index (χ3n) is 5.07. The Morgan fingerprint density at radius 1 is 1.53 bits per heavy atom. The molecule has 0 bridgehead atoms. The van der Waals surface area contributed by atoms with Gasteiger partial charge in [-0.1, -0.05) is 6.07 Å². The van der Waals surface area contributed by atoms with Gasteiger partial charge in [0.25, 0.3) is 0 Å². The van der Waals surface area contributed by atoms with Crippen LogP contribution in [0.25, 0.3) is 0 Å². The van der Waals surface area contributed by atoms with E-state index in [0.717, 1.165) is 13.1 Å². The molecule has 1 aromatic heterocycles. The van der Waals surface area contributed by atoms with Crippen molar-refractivity contribution >= 4 is 0 Å². The molecule has 2 aliphatic rings. The highest BCUT2D eigenvalue weighted by Crippen LogP contribution is 2.39. The van der Waals surface area contributed by atoms with Gasteiger partial charge in [0, 0.05) is 43.6 Å². The van der Waals surface area contributed by atoms with E-state index < -0.39 is 0 Å². The number of nitrogens with two attached hydrogens (primary N) is 1. The largest absolute Gasteiger partial charge is 0.329 e. The van der Waals surface area contributed by atoms with Crippen molar-refractivity contribution in [2.75, 3.05) is 26.7 Å². The molecule has 0 aliphatic carbocycles. The number of aromatic nitrogens is 1. The normalized spacial score (nSPS) is 31.0. The van der Waals surface area contributed by atoms with Gasteiger partial charge < -0.3 is 5.73 Å². The molecule has 2 saturated heterocycles. The molecular formula is C15H24N4. The van der Waals surface area contributed by atoms with Crippen LogP contribution in [0.15, 0.2) is 24.5 Å². The second-order valence-electron chi connectivity index (χ2n) is 5.97. The molecular weight excluding hydrogens is 236 g/mol. The third-order valence-corrected chi connectivity index (χ3v) is 5.07. The fourth-order valence-electron chi connectivity index (χ4n) is 3.97. The SMILES string of the molecule is CN(Cc1cccnc1)C1(CN)CCN2CCCC21. The van der Waals surface area contributed by atoms with Crippen LogP contribution in [0.4, 0.5) is 0 Å². The van der Waals surface area contributed by atoms with Gasteiger partial charge in [-0.25, -0.2) is 0 Å². The zero-order valence-corrected chi connectivity index (χ0v) is 11.8. The first-order valence-corrected chi connectivity index (χ1v) is 7.30. The molecule has 3 rings (SSSR count).